The number of anilines is 2. The highest BCUT2D eigenvalue weighted by atomic mass is 35.5. The molecule has 2 unspecified atom stereocenters. The fraction of sp³-hybridized carbons (Fsp3) is 0.571. The van der Waals surface area contributed by atoms with Crippen LogP contribution in [0.4, 0.5) is 11.9 Å². The summed E-state index contributed by atoms with van der Waals surface area (Å²) in [5.74, 6) is 1.18. The molecule has 0 aliphatic carbocycles. The number of amides is 1. The number of hydrogen-bond donors (Lipinski definition) is 2. The Bertz CT molecular complexity index is 862. The molecule has 0 saturated carbocycles. The number of nitrogen functional groups attached to an aromatic ring is 1. The van der Waals surface area contributed by atoms with E-state index in [4.69, 9.17) is 17.3 Å². The van der Waals surface area contributed by atoms with Crippen LogP contribution in [-0.2, 0) is 11.2 Å². The first-order valence-electron chi connectivity index (χ1n) is 10.6. The molecule has 162 valence electrons. The van der Waals surface area contributed by atoms with Gasteiger partial charge in [0.15, 0.2) is 0 Å². The Morgan fingerprint density at radius 3 is 2.53 bits per heavy atom. The van der Waals surface area contributed by atoms with Crippen LogP contribution in [0.15, 0.2) is 24.3 Å². The van der Waals surface area contributed by atoms with Gasteiger partial charge in [0.1, 0.15) is 0 Å². The van der Waals surface area contributed by atoms with Crippen molar-refractivity contribution in [2.24, 2.45) is 0 Å². The third-order valence-electron chi connectivity index (χ3n) is 6.38. The van der Waals surface area contributed by atoms with Crippen LogP contribution < -0.4 is 10.6 Å². The van der Waals surface area contributed by atoms with Crippen LogP contribution in [0.1, 0.15) is 32.3 Å². The van der Waals surface area contributed by atoms with Crippen LogP contribution in [0.5, 0.6) is 0 Å². The highest BCUT2D eigenvalue weighted by molar-refractivity contribution is 6.30. The van der Waals surface area contributed by atoms with Gasteiger partial charge in [0.2, 0.25) is 17.8 Å². The topological polar surface area (TPSA) is 94.4 Å². The first-order valence-corrected chi connectivity index (χ1v) is 11.0. The fourth-order valence-electron chi connectivity index (χ4n) is 4.83. The predicted octanol–water partition coefficient (Wildman–Crippen LogP) is 2.17. The maximum absolute atomic E-state index is 12.2. The number of carbonyl (C=O) groups excluding carboxylic acids is 1. The monoisotopic (exact) mass is 431 g/mol. The Morgan fingerprint density at radius 1 is 1.23 bits per heavy atom. The van der Waals surface area contributed by atoms with E-state index in [-0.39, 0.29) is 11.9 Å². The zero-order valence-corrected chi connectivity index (χ0v) is 18.3. The number of aromatic amines is 1. The number of piperidine rings is 1. The number of nitrogens with one attached hydrogen (secondary N) is 1. The van der Waals surface area contributed by atoms with Gasteiger partial charge in [0.25, 0.3) is 0 Å². The van der Waals surface area contributed by atoms with Gasteiger partial charge < -0.3 is 15.5 Å². The van der Waals surface area contributed by atoms with E-state index in [1.165, 1.54) is 5.56 Å². The number of rotatable bonds is 4. The second kappa shape index (κ2) is 8.81. The lowest BCUT2D eigenvalue weighted by molar-refractivity contribution is -0.136. The zero-order chi connectivity index (χ0) is 21.3. The van der Waals surface area contributed by atoms with Gasteiger partial charge in [0.05, 0.1) is 0 Å². The van der Waals surface area contributed by atoms with E-state index in [1.54, 1.807) is 6.92 Å². The van der Waals surface area contributed by atoms with Gasteiger partial charge in [-0.3, -0.25) is 9.69 Å². The van der Waals surface area contributed by atoms with Crippen molar-refractivity contribution < 1.29 is 4.79 Å². The van der Waals surface area contributed by atoms with Crippen LogP contribution in [0.2, 0.25) is 5.02 Å². The molecule has 3 heterocycles. The molecule has 1 aromatic heterocycles. The summed E-state index contributed by atoms with van der Waals surface area (Å²) < 4.78 is 0. The first-order chi connectivity index (χ1) is 14.4. The minimum atomic E-state index is 0.153. The lowest BCUT2D eigenvalue weighted by Gasteiger charge is -2.50. The second-order valence-electron chi connectivity index (χ2n) is 8.44. The largest absolute Gasteiger partial charge is 0.368 e. The lowest BCUT2D eigenvalue weighted by Crippen LogP contribution is -2.62. The first kappa shape index (κ1) is 20.9. The SMILES string of the molecule is CC(=O)N1CC(Cc2ccc(Cl)cc2)N(C2CCN(c3n[nH]c(N)n3)CC2)CC1C. The van der Waals surface area contributed by atoms with Crippen molar-refractivity contribution in [1.82, 2.24) is 25.0 Å². The molecule has 1 amide bonds. The Hall–Kier alpha value is -2.32. The van der Waals surface area contributed by atoms with Crippen LogP contribution in [-0.4, -0.2) is 75.2 Å². The number of H-pyrrole nitrogens is 1. The van der Waals surface area contributed by atoms with Gasteiger partial charge in [-0.2, -0.15) is 4.98 Å². The van der Waals surface area contributed by atoms with E-state index in [1.807, 2.05) is 17.0 Å². The smallest absolute Gasteiger partial charge is 0.246 e. The molecule has 2 aliphatic rings. The molecule has 2 atom stereocenters. The summed E-state index contributed by atoms with van der Waals surface area (Å²) in [5, 5.41) is 7.66. The number of nitrogens with zero attached hydrogens (tertiary/aromatic N) is 5. The number of halogens is 1. The van der Waals surface area contributed by atoms with E-state index in [0.717, 1.165) is 50.5 Å². The average molecular weight is 432 g/mol. The molecule has 4 rings (SSSR count). The summed E-state index contributed by atoms with van der Waals surface area (Å²) in [7, 11) is 0. The number of piperazine rings is 1. The van der Waals surface area contributed by atoms with Crippen molar-refractivity contribution in [2.75, 3.05) is 36.8 Å². The maximum Gasteiger partial charge on any atom is 0.246 e. The molecule has 1 aromatic carbocycles. The van der Waals surface area contributed by atoms with Crippen LogP contribution in [0.25, 0.3) is 0 Å². The molecule has 2 aliphatic heterocycles. The lowest BCUT2D eigenvalue weighted by atomic mass is 9.94. The van der Waals surface area contributed by atoms with Gasteiger partial charge >= 0.3 is 0 Å². The summed E-state index contributed by atoms with van der Waals surface area (Å²) in [6.45, 7) is 7.28. The number of nitrogens with two attached hydrogens (primary N) is 1. The number of aromatic nitrogens is 3. The molecule has 0 spiro atoms. The second-order valence-corrected chi connectivity index (χ2v) is 8.88. The van der Waals surface area contributed by atoms with Crippen molar-refractivity contribution in [2.45, 2.75) is 51.2 Å². The molecule has 2 aromatic rings. The van der Waals surface area contributed by atoms with Crippen LogP contribution in [0, 0.1) is 0 Å². The standard InChI is InChI=1S/C21H30ClN7O/c1-14-12-29(18-7-9-27(10-8-18)21-24-20(23)25-26-21)19(13-28(14)15(2)30)11-16-3-5-17(22)6-4-16/h3-6,14,18-19H,7-13H2,1-2H3,(H3,23,24,25,26). The predicted molar refractivity (Wildman–Crippen MR) is 119 cm³/mol. The van der Waals surface area contributed by atoms with Gasteiger partial charge in [0, 0.05) is 56.3 Å². The molecule has 8 nitrogen and oxygen atoms in total. The fourth-order valence-corrected chi connectivity index (χ4v) is 4.96. The summed E-state index contributed by atoms with van der Waals surface area (Å²) in [4.78, 5) is 23.3. The summed E-state index contributed by atoms with van der Waals surface area (Å²) in [5.41, 5.74) is 6.93. The summed E-state index contributed by atoms with van der Waals surface area (Å²) >= 11 is 6.07. The number of hydrogen-bond acceptors (Lipinski definition) is 6. The van der Waals surface area contributed by atoms with E-state index in [0.29, 0.717) is 24.0 Å². The van der Waals surface area contributed by atoms with Crippen molar-refractivity contribution >= 4 is 29.4 Å². The van der Waals surface area contributed by atoms with E-state index in [2.05, 4.69) is 44.0 Å². The quantitative estimate of drug-likeness (QED) is 0.770. The molecule has 9 heteroatoms. The Balaban J connectivity index is 1.47. The highest BCUT2D eigenvalue weighted by Crippen LogP contribution is 2.27. The molecule has 3 N–H and O–H groups in total. The van der Waals surface area contributed by atoms with Gasteiger partial charge in [-0.05, 0) is 43.9 Å². The highest BCUT2D eigenvalue weighted by Gasteiger charge is 2.38. The molecule has 2 fully saturated rings. The van der Waals surface area contributed by atoms with Gasteiger partial charge in [-0.25, -0.2) is 5.10 Å². The molecule has 30 heavy (non-hydrogen) atoms. The molecule has 0 radical (unpaired) electrons. The van der Waals surface area contributed by atoms with Crippen LogP contribution >= 0.6 is 11.6 Å². The Kier molecular flexibility index (Phi) is 6.15. The summed E-state index contributed by atoms with van der Waals surface area (Å²) in [6.07, 6.45) is 2.99. The minimum Gasteiger partial charge on any atom is -0.368 e. The third kappa shape index (κ3) is 4.54. The molecular weight excluding hydrogens is 402 g/mol. The maximum atomic E-state index is 12.2. The normalized spacial score (nSPS) is 23.7. The van der Waals surface area contributed by atoms with Crippen molar-refractivity contribution in [3.8, 4) is 0 Å². The Morgan fingerprint density at radius 2 is 1.93 bits per heavy atom. The van der Waals surface area contributed by atoms with E-state index in [9.17, 15) is 4.79 Å². The van der Waals surface area contributed by atoms with E-state index < -0.39 is 0 Å². The zero-order valence-electron chi connectivity index (χ0n) is 17.6. The van der Waals surface area contributed by atoms with Gasteiger partial charge in [-0.15, -0.1) is 5.10 Å². The molecular formula is C21H30ClN7O. The van der Waals surface area contributed by atoms with Crippen molar-refractivity contribution in [3.05, 3.63) is 34.9 Å². The van der Waals surface area contributed by atoms with Crippen molar-refractivity contribution in [1.29, 1.82) is 0 Å². The third-order valence-corrected chi connectivity index (χ3v) is 6.63. The Labute approximate surface area is 182 Å². The number of benzene rings is 1. The van der Waals surface area contributed by atoms with Crippen LogP contribution in [0.3, 0.4) is 0 Å². The minimum absolute atomic E-state index is 0.153. The molecule has 2 saturated heterocycles. The molecule has 0 bridgehead atoms. The van der Waals surface area contributed by atoms with Crippen molar-refractivity contribution in [3.63, 3.8) is 0 Å². The summed E-state index contributed by atoms with van der Waals surface area (Å²) in [6, 6.07) is 9.05. The van der Waals surface area contributed by atoms with Gasteiger partial charge in [-0.1, -0.05) is 23.7 Å². The van der Waals surface area contributed by atoms with E-state index >= 15 is 0 Å². The average Bonchev–Trinajstić information content (AvgIpc) is 3.17. The number of carbonyl (C=O) groups is 1.